The van der Waals surface area contributed by atoms with Crippen LogP contribution in [0.1, 0.15) is 27.7 Å². The van der Waals surface area contributed by atoms with Gasteiger partial charge < -0.3 is 14.2 Å². The molecule has 0 aliphatic heterocycles. The number of rotatable bonds is 14. The molecule has 0 bridgehead atoms. The van der Waals surface area contributed by atoms with Gasteiger partial charge in [-0.05, 0) is 11.8 Å². The smallest absolute Gasteiger partial charge is 0.319 e. The average Bonchev–Trinajstić information content (AvgIpc) is 3.27. The summed E-state index contributed by atoms with van der Waals surface area (Å²) in [5, 5.41) is 14.0. The minimum Gasteiger partial charge on any atom is -0.462 e. The lowest BCUT2D eigenvalue weighted by molar-refractivity contribution is -0.157. The largest absolute Gasteiger partial charge is 0.462 e. The highest BCUT2D eigenvalue weighted by atomic mass is 31.1. The lowest BCUT2D eigenvalue weighted by Crippen LogP contribution is -2.34. The van der Waals surface area contributed by atoms with Crippen LogP contribution in [0.5, 0.6) is 0 Å². The van der Waals surface area contributed by atoms with Crippen LogP contribution in [0.25, 0.3) is 11.2 Å². The third-order valence-corrected chi connectivity index (χ3v) is 7.37. The van der Waals surface area contributed by atoms with Crippen molar-refractivity contribution in [2.24, 2.45) is 11.8 Å². The number of aromatic nitrogens is 4. The summed E-state index contributed by atoms with van der Waals surface area (Å²) in [5.74, 6) is -1.38. The first-order valence-electron chi connectivity index (χ1n) is 11.5. The summed E-state index contributed by atoms with van der Waals surface area (Å²) < 4.78 is 32.2. The zero-order valence-electron chi connectivity index (χ0n) is 21.6. The van der Waals surface area contributed by atoms with Gasteiger partial charge in [-0.2, -0.15) is 0 Å². The molecule has 16 heteroatoms. The third kappa shape index (κ3) is 7.77. The number of hydrogen-bond donors (Lipinski definition) is 4. The second-order valence-corrected chi connectivity index (χ2v) is 10.4. The van der Waals surface area contributed by atoms with Crippen LogP contribution in [0.4, 0.5) is 0 Å². The van der Waals surface area contributed by atoms with Crippen molar-refractivity contribution in [2.45, 2.75) is 51.8 Å². The molecule has 0 radical (unpaired) electrons. The molecular weight excluding hydrogens is 515 g/mol. The van der Waals surface area contributed by atoms with Crippen molar-refractivity contribution in [3.8, 4) is 0 Å². The Morgan fingerprint density at radius 1 is 1.11 bits per heavy atom. The Balaban J connectivity index is 2.19. The maximum atomic E-state index is 12.6. The zero-order valence-corrected chi connectivity index (χ0v) is 22.3. The van der Waals surface area contributed by atoms with Crippen LogP contribution >= 0.6 is 25.1 Å². The molecule has 0 spiro atoms. The Labute approximate surface area is 209 Å². The van der Waals surface area contributed by atoms with Crippen molar-refractivity contribution in [3.63, 3.8) is 0 Å². The predicted octanol–water partition coefficient (Wildman–Crippen LogP) is 3.35. The van der Waals surface area contributed by atoms with Crippen LogP contribution in [-0.4, -0.2) is 62.1 Å². The van der Waals surface area contributed by atoms with E-state index in [1.54, 1.807) is 0 Å². The summed E-state index contributed by atoms with van der Waals surface area (Å²) in [4.78, 5) is 48.0. The Morgan fingerprint density at radius 2 is 1.69 bits per heavy atom. The quantitative estimate of drug-likeness (QED) is 0.205. The number of nitrogens with one attached hydrogen (secondary N) is 4. The van der Waals surface area contributed by atoms with Gasteiger partial charge in [0.05, 0.1) is 14.7 Å². The molecule has 0 aromatic carbocycles. The number of aromatic amines is 1. The number of nitrogens with zero attached hydrogens (tertiary/aromatic N) is 3. The van der Waals surface area contributed by atoms with Crippen LogP contribution < -0.4 is 11.1 Å². The number of ether oxygens (including phenoxy) is 3. The molecule has 0 amide bonds. The van der Waals surface area contributed by atoms with E-state index in [0.29, 0.717) is 0 Å². The summed E-state index contributed by atoms with van der Waals surface area (Å²) in [6, 6.07) is 0. The van der Waals surface area contributed by atoms with Crippen LogP contribution in [0, 0.1) is 27.3 Å². The van der Waals surface area contributed by atoms with Gasteiger partial charge in [0.25, 0.3) is 5.56 Å². The van der Waals surface area contributed by atoms with E-state index in [2.05, 4.69) is 25.3 Å². The van der Waals surface area contributed by atoms with Crippen LogP contribution in [0.2, 0.25) is 2.82 Å². The van der Waals surface area contributed by atoms with E-state index in [1.807, 2.05) is 27.7 Å². The van der Waals surface area contributed by atoms with Crippen molar-refractivity contribution in [3.05, 3.63) is 16.7 Å². The van der Waals surface area contributed by atoms with Crippen molar-refractivity contribution in [1.82, 2.24) is 19.5 Å². The second-order valence-electron chi connectivity index (χ2n) is 8.17. The van der Waals surface area contributed by atoms with E-state index in [-0.39, 0.29) is 73.6 Å². The molecule has 190 valence electrons. The van der Waals surface area contributed by atoms with Gasteiger partial charge in [-0.1, -0.05) is 27.7 Å². The Kier molecular flexibility index (Phi) is 9.95. The maximum absolute atomic E-state index is 12.6. The number of esters is 2. The van der Waals surface area contributed by atoms with Crippen molar-refractivity contribution in [1.29, 1.82) is 15.5 Å². The summed E-state index contributed by atoms with van der Waals surface area (Å²) >= 11 is 0. The first kappa shape index (κ1) is 25.6. The molecule has 2 atom stereocenters. The summed E-state index contributed by atoms with van der Waals surface area (Å²) in [7, 11) is 0.528. The van der Waals surface area contributed by atoms with E-state index < -0.39 is 34.9 Å². The van der Waals surface area contributed by atoms with E-state index >= 15 is 0 Å². The number of imidazole rings is 1. The van der Waals surface area contributed by atoms with Crippen molar-refractivity contribution < 1.29 is 26.6 Å². The topological polar surface area (TPSA) is 197 Å². The number of carbonyl (C=O) groups is 2. The fourth-order valence-electron chi connectivity index (χ4n) is 2.85. The standard InChI is InChI=1S/C19H28N7O6P3/c1-9(2)13(33-20)17(28)30-5-11(6-31-18(29)14(34-21)10(3)4)32-8-26-7-23-12-15(26)24-19(35-22)25-16(12)27/h7,9-11,13-14,20-22H,5-6,8H2,1-4H3,(H,24,25,27)/t13-,14-/m0/s1/i/hD2. The zero-order chi connectivity index (χ0) is 27.5. The second kappa shape index (κ2) is 13.6. The molecule has 0 fully saturated rings. The lowest BCUT2D eigenvalue weighted by atomic mass is 10.1. The maximum Gasteiger partial charge on any atom is 0.319 e. The van der Waals surface area contributed by atoms with Gasteiger partial charge in [0, 0.05) is 16.7 Å². The Hall–Kier alpha value is -2.45. The van der Waals surface area contributed by atoms with E-state index in [0.717, 1.165) is 0 Å². The molecule has 35 heavy (non-hydrogen) atoms. The number of H-pyrrole nitrogens is 1. The van der Waals surface area contributed by atoms with Crippen LogP contribution in [0.3, 0.4) is 0 Å². The molecule has 2 aromatic rings. The van der Waals surface area contributed by atoms with E-state index in [4.69, 9.17) is 22.2 Å². The van der Waals surface area contributed by atoms with Gasteiger partial charge >= 0.3 is 11.9 Å². The fraction of sp³-hybridized carbons (Fsp3) is 0.632. The number of hydrogen-bond acceptors (Lipinski definition) is 11. The Bertz CT molecular complexity index is 1170. The average molecular weight is 545 g/mol. The molecule has 0 saturated heterocycles. The van der Waals surface area contributed by atoms with Gasteiger partial charge in [0.15, 0.2) is 19.6 Å². The summed E-state index contributed by atoms with van der Waals surface area (Å²) in [6.07, 6.45) is 0.454. The molecule has 0 aliphatic rings. The monoisotopic (exact) mass is 545 g/mol. The molecule has 2 aromatic heterocycles. The minimum absolute atomic E-state index is 0.0202. The summed E-state index contributed by atoms with van der Waals surface area (Å²) in [5.41, 5.74) is -1.36. The van der Waals surface area contributed by atoms with Gasteiger partial charge in [-0.15, -0.1) is 0 Å². The van der Waals surface area contributed by atoms with Crippen LogP contribution in [0.15, 0.2) is 11.1 Å². The molecule has 4 N–H and O–H groups in total. The molecule has 0 unspecified atom stereocenters. The summed E-state index contributed by atoms with van der Waals surface area (Å²) in [6.45, 7) is 6.57. The van der Waals surface area contributed by atoms with Gasteiger partial charge in [-0.25, -0.2) is 9.97 Å². The third-order valence-electron chi connectivity index (χ3n) is 4.84. The fourth-order valence-corrected chi connectivity index (χ4v) is 4.02. The minimum atomic E-state index is -0.893. The van der Waals surface area contributed by atoms with Gasteiger partial charge in [0.2, 0.25) is 0 Å². The van der Waals surface area contributed by atoms with E-state index in [9.17, 15) is 14.4 Å². The SMILES string of the molecule is [2H]N=P[C@H](C(=O)OCC(COC(=O)[C@@H](P=N[2H])C(C)C)OCn1cnc2c(=O)[nH]c(P=N)nc21)C(C)C. The molecular formula is C19H28N7O6P3. The highest BCUT2D eigenvalue weighted by molar-refractivity contribution is 7.34. The van der Waals surface area contributed by atoms with Crippen molar-refractivity contribution in [2.75, 3.05) is 13.2 Å². The normalized spacial score (nSPS) is 15.6. The Morgan fingerprint density at radius 3 is 2.17 bits per heavy atom. The highest BCUT2D eigenvalue weighted by Gasteiger charge is 2.26. The number of carbonyl (C=O) groups excluding carboxylic acids is 2. The first-order valence-corrected chi connectivity index (χ1v) is 13.3. The first-order chi connectivity index (χ1) is 17.6. The lowest BCUT2D eigenvalue weighted by Gasteiger charge is -2.21. The van der Waals surface area contributed by atoms with Gasteiger partial charge in [0.1, 0.15) is 37.4 Å². The molecule has 0 aliphatic carbocycles. The van der Waals surface area contributed by atoms with Gasteiger partial charge in [-0.3, -0.25) is 39.4 Å². The van der Waals surface area contributed by atoms with Crippen LogP contribution in [-0.2, 0) is 30.5 Å². The molecule has 2 heterocycles. The molecule has 2 rings (SSSR count). The van der Waals surface area contributed by atoms with Crippen molar-refractivity contribution >= 4 is 53.8 Å². The van der Waals surface area contributed by atoms with E-state index in [1.165, 1.54) is 10.9 Å². The highest BCUT2D eigenvalue weighted by Crippen LogP contribution is 2.20. The predicted molar refractivity (Wildman–Crippen MR) is 131 cm³/mol. The molecule has 13 nitrogen and oxygen atoms in total. The molecule has 0 saturated carbocycles. The number of fused-ring (bicyclic) bond motifs is 1.